The Bertz CT molecular complexity index is 639. The van der Waals surface area contributed by atoms with Crippen LogP contribution >= 0.6 is 0 Å². The number of carbonyl (C=O) groups is 1. The van der Waals surface area contributed by atoms with Crippen molar-refractivity contribution < 1.29 is 19.7 Å². The summed E-state index contributed by atoms with van der Waals surface area (Å²) in [6.07, 6.45) is 10.7. The fraction of sp³-hybridized carbons (Fsp3) is 0.500. The maximum Gasteiger partial charge on any atom is 0.337 e. The van der Waals surface area contributed by atoms with Crippen molar-refractivity contribution in [2.45, 2.75) is 51.0 Å². The van der Waals surface area contributed by atoms with E-state index in [2.05, 4.69) is 0 Å². The van der Waals surface area contributed by atoms with Gasteiger partial charge in [0.1, 0.15) is 5.60 Å². The summed E-state index contributed by atoms with van der Waals surface area (Å²) in [4.78, 5) is 11.8. The van der Waals surface area contributed by atoms with E-state index in [1.165, 1.54) is 19.3 Å². The van der Waals surface area contributed by atoms with Crippen LogP contribution < -0.4 is 0 Å². The van der Waals surface area contributed by atoms with Crippen LogP contribution in [0.3, 0.4) is 0 Å². The SMILES string of the molecule is CC(=CO)C(=O)OC12CC3CC(CC(C3)C1)C2.OC=Cc1ccccc1. The first kappa shape index (κ1) is 18.6. The molecule has 0 unspecified atom stereocenters. The first-order chi connectivity index (χ1) is 12.5. The quantitative estimate of drug-likeness (QED) is 0.445. The molecule has 0 spiro atoms. The number of esters is 1. The molecule has 0 aliphatic heterocycles. The molecule has 0 heterocycles. The minimum atomic E-state index is -0.338. The van der Waals surface area contributed by atoms with E-state index in [9.17, 15) is 4.79 Å². The third-order valence-electron chi connectivity index (χ3n) is 5.87. The predicted octanol–water partition coefficient (Wildman–Crippen LogP) is 5.18. The smallest absolute Gasteiger partial charge is 0.337 e. The third-order valence-corrected chi connectivity index (χ3v) is 5.87. The van der Waals surface area contributed by atoms with Crippen molar-refractivity contribution in [3.63, 3.8) is 0 Å². The monoisotopic (exact) mass is 356 g/mol. The molecule has 2 N–H and O–H groups in total. The molecule has 0 radical (unpaired) electrons. The van der Waals surface area contributed by atoms with Gasteiger partial charge in [-0.05, 0) is 74.8 Å². The average molecular weight is 356 g/mol. The van der Waals surface area contributed by atoms with Gasteiger partial charge >= 0.3 is 5.97 Å². The van der Waals surface area contributed by atoms with Crippen molar-refractivity contribution in [1.29, 1.82) is 0 Å². The summed E-state index contributed by atoms with van der Waals surface area (Å²) in [6, 6.07) is 9.64. The molecule has 140 valence electrons. The molecule has 0 atom stereocenters. The largest absolute Gasteiger partial charge is 0.516 e. The van der Waals surface area contributed by atoms with Gasteiger partial charge < -0.3 is 14.9 Å². The predicted molar refractivity (Wildman–Crippen MR) is 101 cm³/mol. The van der Waals surface area contributed by atoms with Gasteiger partial charge in [0.05, 0.1) is 18.1 Å². The Morgan fingerprint density at radius 2 is 1.58 bits per heavy atom. The molecule has 1 aromatic rings. The molecule has 1 aromatic carbocycles. The van der Waals surface area contributed by atoms with E-state index in [0.717, 1.165) is 55.1 Å². The van der Waals surface area contributed by atoms with E-state index < -0.39 is 0 Å². The Kier molecular flexibility index (Phi) is 5.70. The van der Waals surface area contributed by atoms with Crippen molar-refractivity contribution in [2.24, 2.45) is 17.8 Å². The molecule has 4 saturated carbocycles. The number of carbonyl (C=O) groups excluding carboxylic acids is 1. The van der Waals surface area contributed by atoms with Gasteiger partial charge in [-0.2, -0.15) is 0 Å². The van der Waals surface area contributed by atoms with E-state index in [1.807, 2.05) is 30.3 Å². The van der Waals surface area contributed by atoms with Crippen LogP contribution in [0, 0.1) is 17.8 Å². The Labute approximate surface area is 155 Å². The van der Waals surface area contributed by atoms with Gasteiger partial charge in [0.25, 0.3) is 0 Å². The minimum absolute atomic E-state index is 0.198. The first-order valence-corrected chi connectivity index (χ1v) is 9.44. The molecule has 0 aromatic heterocycles. The summed E-state index contributed by atoms with van der Waals surface area (Å²) >= 11 is 0. The lowest BCUT2D eigenvalue weighted by Crippen LogP contribution is -2.52. The van der Waals surface area contributed by atoms with Gasteiger partial charge in [-0.15, -0.1) is 0 Å². The Morgan fingerprint density at radius 1 is 1.04 bits per heavy atom. The molecule has 5 rings (SSSR count). The van der Waals surface area contributed by atoms with E-state index in [4.69, 9.17) is 14.9 Å². The zero-order chi connectivity index (χ0) is 18.6. The topological polar surface area (TPSA) is 66.8 Å². The molecule has 0 saturated heterocycles. The summed E-state index contributed by atoms with van der Waals surface area (Å²) in [5.74, 6) is 1.97. The van der Waals surface area contributed by atoms with E-state index in [-0.39, 0.29) is 11.6 Å². The zero-order valence-electron chi connectivity index (χ0n) is 15.3. The van der Waals surface area contributed by atoms with Gasteiger partial charge in [0.15, 0.2) is 0 Å². The van der Waals surface area contributed by atoms with Crippen molar-refractivity contribution in [3.05, 3.63) is 54.0 Å². The first-order valence-electron chi connectivity index (χ1n) is 9.44. The summed E-state index contributed by atoms with van der Waals surface area (Å²) in [5, 5.41) is 17.2. The Morgan fingerprint density at radius 3 is 2.04 bits per heavy atom. The molecule has 4 bridgehead atoms. The molecule has 4 nitrogen and oxygen atoms in total. The highest BCUT2D eigenvalue weighted by Crippen LogP contribution is 2.57. The minimum Gasteiger partial charge on any atom is -0.516 e. The second-order valence-corrected chi connectivity index (χ2v) is 8.03. The number of aliphatic hydroxyl groups is 2. The summed E-state index contributed by atoms with van der Waals surface area (Å²) in [7, 11) is 0. The fourth-order valence-corrected chi connectivity index (χ4v) is 5.14. The van der Waals surface area contributed by atoms with Gasteiger partial charge in [0.2, 0.25) is 0 Å². The number of hydrogen-bond donors (Lipinski definition) is 2. The summed E-state index contributed by atoms with van der Waals surface area (Å²) < 4.78 is 5.74. The second kappa shape index (κ2) is 7.98. The number of ether oxygens (including phenoxy) is 1. The lowest BCUT2D eigenvalue weighted by atomic mass is 9.54. The molecular formula is C22H28O4. The van der Waals surface area contributed by atoms with Crippen LogP contribution in [0.5, 0.6) is 0 Å². The Hall–Kier alpha value is -2.23. The molecule has 4 aliphatic carbocycles. The number of rotatable bonds is 3. The average Bonchev–Trinajstić information content (AvgIpc) is 2.61. The van der Waals surface area contributed by atoms with Crippen LogP contribution in [0.1, 0.15) is 51.0 Å². The molecular weight excluding hydrogens is 328 g/mol. The van der Waals surface area contributed by atoms with Crippen LogP contribution in [0.4, 0.5) is 0 Å². The van der Waals surface area contributed by atoms with E-state index in [1.54, 1.807) is 13.0 Å². The number of benzene rings is 1. The number of aliphatic hydroxyl groups excluding tert-OH is 2. The van der Waals surface area contributed by atoms with Crippen LogP contribution in [0.15, 0.2) is 48.4 Å². The molecule has 26 heavy (non-hydrogen) atoms. The number of hydrogen-bond acceptors (Lipinski definition) is 4. The maximum absolute atomic E-state index is 11.8. The van der Waals surface area contributed by atoms with Crippen molar-refractivity contribution in [3.8, 4) is 0 Å². The molecule has 4 heteroatoms. The highest BCUT2D eigenvalue weighted by atomic mass is 16.6. The van der Waals surface area contributed by atoms with Crippen LogP contribution in [-0.4, -0.2) is 21.8 Å². The lowest BCUT2D eigenvalue weighted by Gasteiger charge is -2.55. The van der Waals surface area contributed by atoms with Crippen LogP contribution in [0.2, 0.25) is 0 Å². The zero-order valence-corrected chi connectivity index (χ0v) is 15.3. The third kappa shape index (κ3) is 4.29. The standard InChI is InChI=1S/C14H20O3.C8H8O/c1-9(8-15)13(16)17-14-5-10-2-11(6-14)4-12(3-10)7-14;9-7-6-8-4-2-1-3-5-8/h8,10-12,15H,2-7H2,1H3;1-7,9H. The fourth-order valence-electron chi connectivity index (χ4n) is 5.14. The summed E-state index contributed by atoms with van der Waals surface area (Å²) in [5.41, 5.74) is 1.12. The van der Waals surface area contributed by atoms with Gasteiger partial charge in [-0.3, -0.25) is 0 Å². The maximum atomic E-state index is 11.8. The van der Waals surface area contributed by atoms with Gasteiger partial charge in [-0.1, -0.05) is 30.3 Å². The molecule has 0 amide bonds. The highest BCUT2D eigenvalue weighted by molar-refractivity contribution is 5.87. The van der Waals surface area contributed by atoms with Crippen LogP contribution in [0.25, 0.3) is 6.08 Å². The Balaban J connectivity index is 0.000000185. The lowest BCUT2D eigenvalue weighted by molar-refractivity contribution is -0.182. The van der Waals surface area contributed by atoms with Gasteiger partial charge in [-0.25, -0.2) is 4.79 Å². The van der Waals surface area contributed by atoms with Crippen molar-refractivity contribution in [1.82, 2.24) is 0 Å². The van der Waals surface area contributed by atoms with Gasteiger partial charge in [0, 0.05) is 0 Å². The van der Waals surface area contributed by atoms with Crippen molar-refractivity contribution >= 4 is 12.0 Å². The molecule has 4 aliphatic rings. The summed E-state index contributed by atoms with van der Waals surface area (Å²) in [6.45, 7) is 1.60. The van der Waals surface area contributed by atoms with E-state index >= 15 is 0 Å². The van der Waals surface area contributed by atoms with E-state index in [0.29, 0.717) is 5.57 Å². The molecule has 4 fully saturated rings. The second-order valence-electron chi connectivity index (χ2n) is 8.03. The highest BCUT2D eigenvalue weighted by Gasteiger charge is 2.53. The van der Waals surface area contributed by atoms with Crippen LogP contribution in [-0.2, 0) is 9.53 Å². The normalized spacial score (nSPS) is 32.2. The van der Waals surface area contributed by atoms with Crippen molar-refractivity contribution in [2.75, 3.05) is 0 Å².